The molecule has 0 aromatic heterocycles. The second kappa shape index (κ2) is 56.6. The molecule has 78 heavy (non-hydrogen) atoms. The van der Waals surface area contributed by atoms with E-state index in [0.29, 0.717) is 19.3 Å². The summed E-state index contributed by atoms with van der Waals surface area (Å²) in [7, 11) is 0. The molecule has 9 atom stereocenters. The normalized spacial score (nSPS) is 19.3. The number of carbonyl (C=O) groups excluding carboxylic acids is 1. The maximum absolute atomic E-state index is 13.2. The lowest BCUT2D eigenvalue weighted by Crippen LogP contribution is -2.60. The molecule has 11 heteroatoms. The van der Waals surface area contributed by atoms with Crippen molar-refractivity contribution < 1.29 is 50.0 Å². The van der Waals surface area contributed by atoms with Crippen LogP contribution < -0.4 is 5.32 Å². The highest BCUT2D eigenvalue weighted by Gasteiger charge is 2.44. The zero-order valence-electron chi connectivity index (χ0n) is 51.4. The minimum absolute atomic E-state index is 0.267. The molecule has 0 aromatic carbocycles. The average molecular weight is 1110 g/mol. The lowest BCUT2D eigenvalue weighted by atomic mass is 9.98. The third-order valence-electron chi connectivity index (χ3n) is 17.2. The Bertz CT molecular complexity index is 1230. The number of ether oxygens (including phenoxy) is 2. The molecule has 8 N–H and O–H groups in total. The summed E-state index contributed by atoms with van der Waals surface area (Å²) >= 11 is 0. The third-order valence-corrected chi connectivity index (χ3v) is 17.2. The third kappa shape index (κ3) is 43.7. The van der Waals surface area contributed by atoms with Crippen LogP contribution in [0.4, 0.5) is 0 Å². The summed E-state index contributed by atoms with van der Waals surface area (Å²) in [5.41, 5.74) is 0. The quantitative estimate of drug-likeness (QED) is 0.0272. The minimum Gasteiger partial charge on any atom is -0.394 e. The molecule has 0 spiro atoms. The summed E-state index contributed by atoms with van der Waals surface area (Å²) in [6.07, 6.45) is 56.1. The molecule has 0 radical (unpaired) electrons. The molecule has 1 amide bonds. The van der Waals surface area contributed by atoms with Gasteiger partial charge in [0.2, 0.25) is 5.91 Å². The van der Waals surface area contributed by atoms with Gasteiger partial charge in [-0.05, 0) is 12.8 Å². The second-order valence-corrected chi connectivity index (χ2v) is 24.6. The predicted octanol–water partition coefficient (Wildman–Crippen LogP) is 16.1. The summed E-state index contributed by atoms with van der Waals surface area (Å²) in [6, 6.07) is -1.16. The van der Waals surface area contributed by atoms with E-state index in [9.17, 15) is 40.5 Å². The van der Waals surface area contributed by atoms with Crippen LogP contribution >= 0.6 is 0 Å². The zero-order valence-corrected chi connectivity index (χ0v) is 51.4. The van der Waals surface area contributed by atoms with Crippen molar-refractivity contribution in [3.05, 3.63) is 0 Å². The lowest BCUT2D eigenvalue weighted by Gasteiger charge is -2.40. The molecule has 0 aromatic rings. The molecule has 1 rings (SSSR count). The predicted molar refractivity (Wildman–Crippen MR) is 326 cm³/mol. The van der Waals surface area contributed by atoms with Gasteiger partial charge in [0.1, 0.15) is 36.6 Å². The number of aliphatic hydroxyl groups excluding tert-OH is 7. The Hall–Kier alpha value is -0.890. The van der Waals surface area contributed by atoms with Gasteiger partial charge in [-0.3, -0.25) is 4.79 Å². The smallest absolute Gasteiger partial charge is 0.249 e. The molecule has 0 bridgehead atoms. The maximum atomic E-state index is 13.2. The Morgan fingerprint density at radius 3 is 0.949 bits per heavy atom. The Kier molecular flexibility index (Phi) is 54.5. The highest BCUT2D eigenvalue weighted by atomic mass is 16.7. The van der Waals surface area contributed by atoms with Crippen molar-refractivity contribution in [1.82, 2.24) is 5.32 Å². The van der Waals surface area contributed by atoms with Crippen LogP contribution in [0.2, 0.25) is 0 Å². The van der Waals surface area contributed by atoms with Gasteiger partial charge in [-0.1, -0.05) is 341 Å². The SMILES string of the molecule is CCCCCCCCCCCCCCCCCCCCCCCCCCCCCCCCCCC(O)C(O)C(COC1OC(CO)C(O)C(O)C1O)NC(=O)C(O)CCCCCCCCCCCCCCCCCCCCC. The van der Waals surface area contributed by atoms with Crippen LogP contribution in [0.5, 0.6) is 0 Å². The molecule has 1 aliphatic rings. The molecule has 9 unspecified atom stereocenters. The fourth-order valence-electron chi connectivity index (χ4n) is 11.6. The Balaban J connectivity index is 2.17. The summed E-state index contributed by atoms with van der Waals surface area (Å²) in [4.78, 5) is 13.2. The number of nitrogens with one attached hydrogen (secondary N) is 1. The molecule has 11 nitrogen and oxygen atoms in total. The topological polar surface area (TPSA) is 189 Å². The van der Waals surface area contributed by atoms with E-state index in [2.05, 4.69) is 19.2 Å². The summed E-state index contributed by atoms with van der Waals surface area (Å²) in [5.74, 6) is -0.688. The van der Waals surface area contributed by atoms with Gasteiger partial charge in [-0.2, -0.15) is 0 Å². The summed E-state index contributed by atoms with van der Waals surface area (Å²) in [6.45, 7) is 3.52. The van der Waals surface area contributed by atoms with Crippen molar-refractivity contribution >= 4 is 5.91 Å². The van der Waals surface area contributed by atoms with Gasteiger partial charge in [0, 0.05) is 0 Å². The van der Waals surface area contributed by atoms with E-state index in [1.54, 1.807) is 0 Å². The van der Waals surface area contributed by atoms with Crippen molar-refractivity contribution in [1.29, 1.82) is 0 Å². The summed E-state index contributed by atoms with van der Waals surface area (Å²) < 4.78 is 11.2. The van der Waals surface area contributed by atoms with Crippen molar-refractivity contribution in [2.45, 2.75) is 409 Å². The average Bonchev–Trinajstić information content (AvgIpc) is 3.45. The number of rotatable bonds is 61. The summed E-state index contributed by atoms with van der Waals surface area (Å²) in [5, 5.41) is 76.5. The monoisotopic (exact) mass is 1110 g/mol. The number of hydrogen-bond donors (Lipinski definition) is 8. The van der Waals surface area contributed by atoms with E-state index in [0.717, 1.165) is 38.5 Å². The molecule has 1 aliphatic heterocycles. The number of hydrogen-bond acceptors (Lipinski definition) is 10. The van der Waals surface area contributed by atoms with Gasteiger partial charge in [0.25, 0.3) is 0 Å². The molecule has 1 saturated heterocycles. The fourth-order valence-corrected chi connectivity index (χ4v) is 11.6. The molecule has 1 fully saturated rings. The number of unbranched alkanes of at least 4 members (excludes halogenated alkanes) is 49. The molecule has 0 aliphatic carbocycles. The Labute approximate surface area is 481 Å². The van der Waals surface area contributed by atoms with Gasteiger partial charge < -0.3 is 50.5 Å². The van der Waals surface area contributed by atoms with Crippen LogP contribution in [-0.4, -0.2) is 110 Å². The van der Waals surface area contributed by atoms with Gasteiger partial charge in [0.05, 0.1) is 25.4 Å². The molecule has 0 saturated carbocycles. The number of carbonyl (C=O) groups is 1. The Morgan fingerprint density at radius 2 is 0.667 bits per heavy atom. The second-order valence-electron chi connectivity index (χ2n) is 24.6. The lowest BCUT2D eigenvalue weighted by molar-refractivity contribution is -0.303. The maximum Gasteiger partial charge on any atom is 0.249 e. The largest absolute Gasteiger partial charge is 0.394 e. The van der Waals surface area contributed by atoms with Crippen molar-refractivity contribution in [2.24, 2.45) is 0 Å². The first kappa shape index (κ1) is 75.1. The van der Waals surface area contributed by atoms with Crippen LogP contribution in [-0.2, 0) is 14.3 Å². The van der Waals surface area contributed by atoms with Crippen LogP contribution in [0.1, 0.15) is 354 Å². The zero-order chi connectivity index (χ0) is 56.8. The van der Waals surface area contributed by atoms with E-state index in [1.165, 1.54) is 276 Å². The van der Waals surface area contributed by atoms with Crippen molar-refractivity contribution in [2.75, 3.05) is 13.2 Å². The van der Waals surface area contributed by atoms with Crippen LogP contribution in [0, 0.1) is 0 Å². The first-order valence-electron chi connectivity index (χ1n) is 34.4. The minimum atomic E-state index is -1.66. The standard InChI is InChI=1S/C67H133NO10/c1-3-5-7-9-11-13-15-17-19-21-23-24-25-26-27-28-29-30-31-32-33-34-35-37-38-40-42-44-46-48-50-52-54-59(70)62(72)58(57-77-67-65(75)64(74)63(73)61(56-69)78-67)68-66(76)60(71)55-53-51-49-47-45-43-41-39-36-22-20-18-16-14-12-10-8-6-4-2/h58-65,67,69-75H,3-57H2,1-2H3,(H,68,76). The van der Waals surface area contributed by atoms with Crippen LogP contribution in [0.25, 0.3) is 0 Å². The van der Waals surface area contributed by atoms with E-state index in [4.69, 9.17) is 9.47 Å². The van der Waals surface area contributed by atoms with E-state index >= 15 is 0 Å². The van der Waals surface area contributed by atoms with E-state index in [-0.39, 0.29) is 6.42 Å². The van der Waals surface area contributed by atoms with Crippen molar-refractivity contribution in [3.63, 3.8) is 0 Å². The van der Waals surface area contributed by atoms with Gasteiger partial charge in [-0.15, -0.1) is 0 Å². The van der Waals surface area contributed by atoms with Crippen molar-refractivity contribution in [3.8, 4) is 0 Å². The molecular formula is C67H133NO10. The van der Waals surface area contributed by atoms with Gasteiger partial charge >= 0.3 is 0 Å². The first-order chi connectivity index (χ1) is 38.2. The van der Waals surface area contributed by atoms with Gasteiger partial charge in [0.15, 0.2) is 6.29 Å². The highest BCUT2D eigenvalue weighted by Crippen LogP contribution is 2.24. The number of amides is 1. The first-order valence-corrected chi connectivity index (χ1v) is 34.4. The van der Waals surface area contributed by atoms with Crippen LogP contribution in [0.3, 0.4) is 0 Å². The Morgan fingerprint density at radius 1 is 0.397 bits per heavy atom. The molecular weight excluding hydrogens is 979 g/mol. The van der Waals surface area contributed by atoms with Gasteiger partial charge in [-0.25, -0.2) is 0 Å². The van der Waals surface area contributed by atoms with E-state index in [1.807, 2.05) is 0 Å². The van der Waals surface area contributed by atoms with E-state index < -0.39 is 74.2 Å². The number of aliphatic hydroxyl groups is 7. The van der Waals surface area contributed by atoms with Crippen LogP contribution in [0.15, 0.2) is 0 Å². The molecule has 466 valence electrons. The molecule has 1 heterocycles. The fraction of sp³-hybridized carbons (Fsp3) is 0.985. The highest BCUT2D eigenvalue weighted by molar-refractivity contribution is 5.80.